The van der Waals surface area contributed by atoms with Crippen molar-refractivity contribution in [3.05, 3.63) is 48.0 Å². The summed E-state index contributed by atoms with van der Waals surface area (Å²) in [6.07, 6.45) is -0.0559. The van der Waals surface area contributed by atoms with Gasteiger partial charge in [0.2, 0.25) is 35.4 Å². The van der Waals surface area contributed by atoms with E-state index in [2.05, 4.69) is 31.9 Å². The average molecular weight is 1030 g/mol. The normalized spacial score (nSPS) is 13.3. The fraction of sp³-hybridized carbons (Fsp3) is 0.622. The Hall–Kier alpha value is -6.01. The summed E-state index contributed by atoms with van der Waals surface area (Å²) in [5.74, 6) is -7.64. The third-order valence-corrected chi connectivity index (χ3v) is 9.51. The van der Waals surface area contributed by atoms with Crippen LogP contribution in [0.4, 0.5) is 0 Å². The Balaban J connectivity index is 1.65. The summed E-state index contributed by atoms with van der Waals surface area (Å²) in [5.41, 5.74) is 0.655. The van der Waals surface area contributed by atoms with Crippen molar-refractivity contribution in [2.75, 3.05) is 146 Å². The molecule has 1 aromatic rings. The van der Waals surface area contributed by atoms with E-state index in [1.54, 1.807) is 37.4 Å². The SMILES string of the molecule is COCCOCCOCCOCCOCCOCCOCCOCCC(=O)NCC(C(=O)NCC(=O)NCC(=O)N[C@@H](Cc1ccccc1)C(=O)NCC(=O)NCOCC[C@@H](O)C(=O)O)N1C(=O)C=CC1=O. The molecule has 27 heteroatoms. The second-order valence-electron chi connectivity index (χ2n) is 15.0. The van der Waals surface area contributed by atoms with E-state index in [9.17, 15) is 48.3 Å². The number of ether oxygens (including phenoxy) is 9. The molecule has 1 unspecified atom stereocenters. The van der Waals surface area contributed by atoms with Crippen molar-refractivity contribution in [1.29, 1.82) is 0 Å². The van der Waals surface area contributed by atoms with Gasteiger partial charge in [0.1, 0.15) is 18.8 Å². The van der Waals surface area contributed by atoms with E-state index in [0.29, 0.717) is 89.7 Å². The third-order valence-electron chi connectivity index (χ3n) is 9.51. The van der Waals surface area contributed by atoms with E-state index in [1.165, 1.54) is 0 Å². The van der Waals surface area contributed by atoms with Crippen LogP contribution in [-0.2, 0) is 92.2 Å². The number of carbonyl (C=O) groups is 9. The highest BCUT2D eigenvalue weighted by molar-refractivity contribution is 6.15. The van der Waals surface area contributed by atoms with E-state index in [0.717, 1.165) is 12.2 Å². The highest BCUT2D eigenvalue weighted by Gasteiger charge is 2.36. The molecule has 0 aliphatic carbocycles. The smallest absolute Gasteiger partial charge is 0.332 e. The van der Waals surface area contributed by atoms with E-state index >= 15 is 0 Å². The number of aliphatic hydroxyl groups is 1. The van der Waals surface area contributed by atoms with Crippen molar-refractivity contribution in [2.24, 2.45) is 0 Å². The van der Waals surface area contributed by atoms with Gasteiger partial charge in [-0.1, -0.05) is 30.3 Å². The highest BCUT2D eigenvalue weighted by Crippen LogP contribution is 2.10. The van der Waals surface area contributed by atoms with Crippen molar-refractivity contribution in [3.8, 4) is 0 Å². The largest absolute Gasteiger partial charge is 0.479 e. The second kappa shape index (κ2) is 39.6. The van der Waals surface area contributed by atoms with Gasteiger partial charge in [-0.15, -0.1) is 0 Å². The molecular weight excluding hydrogens is 959 g/mol. The van der Waals surface area contributed by atoms with E-state index in [1.807, 2.05) is 0 Å². The lowest BCUT2D eigenvalue weighted by Crippen LogP contribution is -2.56. The molecule has 0 radical (unpaired) electrons. The maximum Gasteiger partial charge on any atom is 0.332 e. The average Bonchev–Trinajstić information content (AvgIpc) is 3.70. The number of hydrogen-bond acceptors (Lipinski definition) is 19. The lowest BCUT2D eigenvalue weighted by Gasteiger charge is -2.25. The van der Waals surface area contributed by atoms with Crippen molar-refractivity contribution in [2.45, 2.75) is 37.5 Å². The molecule has 2 rings (SSSR count). The molecule has 8 N–H and O–H groups in total. The zero-order chi connectivity index (χ0) is 52.6. The highest BCUT2D eigenvalue weighted by atomic mass is 16.6. The number of rotatable bonds is 44. The number of amides is 8. The van der Waals surface area contributed by atoms with Crippen LogP contribution in [0.15, 0.2) is 42.5 Å². The third kappa shape index (κ3) is 30.0. The van der Waals surface area contributed by atoms with Crippen LogP contribution >= 0.6 is 0 Å². The molecule has 3 atom stereocenters. The van der Waals surface area contributed by atoms with Crippen LogP contribution in [0.2, 0.25) is 0 Å². The van der Waals surface area contributed by atoms with Crippen molar-refractivity contribution in [1.82, 2.24) is 36.8 Å². The van der Waals surface area contributed by atoms with E-state index in [4.69, 9.17) is 47.7 Å². The molecule has 1 aliphatic rings. The van der Waals surface area contributed by atoms with Gasteiger partial charge in [0.25, 0.3) is 11.8 Å². The molecule has 1 heterocycles. The van der Waals surface area contributed by atoms with Crippen LogP contribution in [0.25, 0.3) is 0 Å². The Bertz CT molecular complexity index is 1810. The molecule has 1 aromatic carbocycles. The Labute approximate surface area is 416 Å². The predicted octanol–water partition coefficient (Wildman–Crippen LogP) is -4.45. The lowest BCUT2D eigenvalue weighted by molar-refractivity contribution is -0.147. The fourth-order valence-corrected chi connectivity index (χ4v) is 5.75. The van der Waals surface area contributed by atoms with Gasteiger partial charge in [0.15, 0.2) is 6.10 Å². The van der Waals surface area contributed by atoms with Crippen molar-refractivity contribution >= 4 is 53.2 Å². The number of carboxylic acids is 1. The standard InChI is InChI=1S/C45H69N7O20/c1-64-13-14-66-17-18-68-21-22-70-25-26-71-24-23-69-20-19-67-16-15-65-12-10-37(54)46-28-35(52-41(58)7-8-42(52)59)44(61)49-29-38(55)47-31-40(57)51-34(27-33-5-3-2-4-6-33)43(60)48-30-39(56)50-32-72-11-9-36(53)45(62)63/h2-8,34-36,53H,9-32H2,1H3,(H,46,54)(H,47,55)(H,48,60)(H,49,61)(H,50,56)(H,51,57)(H,62,63)/t34-,35?,36+/m0/s1. The minimum atomic E-state index is -1.62. The zero-order valence-electron chi connectivity index (χ0n) is 40.4. The molecule has 0 aromatic heterocycles. The molecule has 72 heavy (non-hydrogen) atoms. The molecule has 8 amide bonds. The summed E-state index contributed by atoms with van der Waals surface area (Å²) < 4.78 is 47.8. The van der Waals surface area contributed by atoms with Gasteiger partial charge in [-0.25, -0.2) is 4.79 Å². The number of carbonyl (C=O) groups excluding carboxylic acids is 8. The monoisotopic (exact) mass is 1030 g/mol. The quantitative estimate of drug-likeness (QED) is 0.0174. The van der Waals surface area contributed by atoms with Crippen LogP contribution in [-0.4, -0.2) is 232 Å². The number of aliphatic carboxylic acids is 1. The summed E-state index contributed by atoms with van der Waals surface area (Å²) in [6, 6.07) is 5.84. The van der Waals surface area contributed by atoms with Gasteiger partial charge in [-0.2, -0.15) is 0 Å². The maximum absolute atomic E-state index is 13.2. The van der Waals surface area contributed by atoms with Crippen molar-refractivity contribution in [3.63, 3.8) is 0 Å². The summed E-state index contributed by atoms with van der Waals surface area (Å²) >= 11 is 0. The molecule has 404 valence electrons. The number of aliphatic hydroxyl groups excluding tert-OH is 1. The van der Waals surface area contributed by atoms with Crippen molar-refractivity contribution < 1.29 is 96.0 Å². The van der Waals surface area contributed by atoms with E-state index < -0.39 is 97.6 Å². The van der Waals surface area contributed by atoms with Crippen LogP contribution in [0.5, 0.6) is 0 Å². The van der Waals surface area contributed by atoms with Gasteiger partial charge in [0, 0.05) is 45.1 Å². The number of carboxylic acid groups (broad SMARTS) is 1. The van der Waals surface area contributed by atoms with Gasteiger partial charge in [0.05, 0.1) is 125 Å². The van der Waals surface area contributed by atoms with Gasteiger partial charge >= 0.3 is 5.97 Å². The Kier molecular flexibility index (Phi) is 34.1. The number of imide groups is 1. The first-order chi connectivity index (χ1) is 34.8. The number of nitrogens with zero attached hydrogens (tertiary/aromatic N) is 1. The lowest BCUT2D eigenvalue weighted by atomic mass is 10.1. The van der Waals surface area contributed by atoms with Crippen LogP contribution < -0.4 is 31.9 Å². The fourth-order valence-electron chi connectivity index (χ4n) is 5.75. The number of nitrogens with one attached hydrogen (secondary N) is 6. The summed E-state index contributed by atoms with van der Waals surface area (Å²) in [7, 11) is 1.61. The second-order valence-corrected chi connectivity index (χ2v) is 15.0. The molecule has 1 aliphatic heterocycles. The zero-order valence-corrected chi connectivity index (χ0v) is 40.4. The van der Waals surface area contributed by atoms with Gasteiger partial charge in [-0.05, 0) is 5.56 Å². The first-order valence-corrected chi connectivity index (χ1v) is 23.1. The molecule has 27 nitrogen and oxygen atoms in total. The Morgan fingerprint density at radius 2 is 1.01 bits per heavy atom. The van der Waals surface area contributed by atoms with E-state index in [-0.39, 0.29) is 52.4 Å². The molecule has 0 bridgehead atoms. The predicted molar refractivity (Wildman–Crippen MR) is 248 cm³/mol. The summed E-state index contributed by atoms with van der Waals surface area (Å²) in [4.78, 5) is 113. The molecular formula is C45H69N7O20. The molecule has 0 saturated heterocycles. The van der Waals surface area contributed by atoms with Crippen LogP contribution in [0.1, 0.15) is 18.4 Å². The number of benzene rings is 1. The molecule has 0 spiro atoms. The first kappa shape index (κ1) is 62.1. The minimum absolute atomic E-state index is 0.00122. The summed E-state index contributed by atoms with van der Waals surface area (Å²) in [6.45, 7) is 2.80. The maximum atomic E-state index is 13.2. The van der Waals surface area contributed by atoms with Gasteiger partial charge < -0.3 is 84.7 Å². The molecule has 0 fully saturated rings. The Morgan fingerprint density at radius 3 is 1.53 bits per heavy atom. The topological polar surface area (TPSA) is 353 Å². The van der Waals surface area contributed by atoms with Gasteiger partial charge in [-0.3, -0.25) is 43.3 Å². The number of methoxy groups -OCH3 is 1. The number of hydrogen-bond donors (Lipinski definition) is 8. The summed E-state index contributed by atoms with van der Waals surface area (Å²) in [5, 5.41) is 32.3. The first-order valence-electron chi connectivity index (χ1n) is 23.1. The Morgan fingerprint density at radius 1 is 0.542 bits per heavy atom. The van der Waals surface area contributed by atoms with Crippen LogP contribution in [0, 0.1) is 0 Å². The minimum Gasteiger partial charge on any atom is -0.479 e. The van der Waals surface area contributed by atoms with Crippen LogP contribution in [0.3, 0.4) is 0 Å². The molecule has 0 saturated carbocycles.